The number of carboxylic acid groups (broad SMARTS) is 2. The fourth-order valence-corrected chi connectivity index (χ4v) is 4.11. The molecule has 3 amide bonds. The molecule has 0 aliphatic rings. The number of aliphatic carboxylic acids is 2. The van der Waals surface area contributed by atoms with Gasteiger partial charge in [0.1, 0.15) is 18.1 Å². The minimum Gasteiger partial charge on any atom is -0.481 e. The number of carbonyl (C=O) groups excluding carboxylic acids is 3. The van der Waals surface area contributed by atoms with E-state index in [1.165, 1.54) is 0 Å². The first-order valence-electron chi connectivity index (χ1n) is 12.2. The van der Waals surface area contributed by atoms with Crippen molar-refractivity contribution in [3.05, 3.63) is 36.0 Å². The molecule has 2 aromatic rings. The Kier molecular flexibility index (Phi) is 11.6. The number of H-pyrrole nitrogens is 1. The fourth-order valence-electron chi connectivity index (χ4n) is 3.85. The molecule has 0 bridgehead atoms. The molecular formula is C25H35N5O7S. The van der Waals surface area contributed by atoms with Crippen molar-refractivity contribution >= 4 is 53.2 Å². The summed E-state index contributed by atoms with van der Waals surface area (Å²) in [5.41, 5.74) is 7.37. The van der Waals surface area contributed by atoms with Crippen LogP contribution >= 0.6 is 12.6 Å². The van der Waals surface area contributed by atoms with Crippen molar-refractivity contribution in [1.29, 1.82) is 0 Å². The van der Waals surface area contributed by atoms with Crippen LogP contribution in [0.3, 0.4) is 0 Å². The molecule has 2 rings (SSSR count). The third kappa shape index (κ3) is 9.06. The van der Waals surface area contributed by atoms with Crippen LogP contribution in [0.2, 0.25) is 0 Å². The predicted molar refractivity (Wildman–Crippen MR) is 144 cm³/mol. The van der Waals surface area contributed by atoms with E-state index in [0.717, 1.165) is 16.5 Å². The highest BCUT2D eigenvalue weighted by Gasteiger charge is 2.30. The highest BCUT2D eigenvalue weighted by atomic mass is 32.1. The maximum absolute atomic E-state index is 13.3. The van der Waals surface area contributed by atoms with Crippen molar-refractivity contribution < 1.29 is 34.2 Å². The zero-order chi connectivity index (χ0) is 28.4. The SMILES string of the molecule is CC(C)CC(NC(=O)C(CS)NC(=O)C(Cc1c[nH]c2ccccc12)NC(=O)C(N)CCC(=O)O)C(=O)O. The molecule has 38 heavy (non-hydrogen) atoms. The van der Waals surface area contributed by atoms with Gasteiger partial charge >= 0.3 is 11.9 Å². The molecular weight excluding hydrogens is 514 g/mol. The molecule has 4 atom stereocenters. The summed E-state index contributed by atoms with van der Waals surface area (Å²) in [6.07, 6.45) is 1.49. The Morgan fingerprint density at radius 3 is 2.16 bits per heavy atom. The van der Waals surface area contributed by atoms with Gasteiger partial charge in [0.05, 0.1) is 6.04 Å². The van der Waals surface area contributed by atoms with E-state index >= 15 is 0 Å². The summed E-state index contributed by atoms with van der Waals surface area (Å²) >= 11 is 4.14. The van der Waals surface area contributed by atoms with Crippen LogP contribution in [0.5, 0.6) is 0 Å². The third-order valence-electron chi connectivity index (χ3n) is 5.88. The first-order chi connectivity index (χ1) is 17.9. The molecule has 1 heterocycles. The van der Waals surface area contributed by atoms with Gasteiger partial charge in [-0.15, -0.1) is 0 Å². The van der Waals surface area contributed by atoms with Gasteiger partial charge in [-0.2, -0.15) is 12.6 Å². The number of carbonyl (C=O) groups is 5. The molecule has 0 fully saturated rings. The Bertz CT molecular complexity index is 1150. The molecule has 13 heteroatoms. The Morgan fingerprint density at radius 1 is 0.947 bits per heavy atom. The Labute approximate surface area is 225 Å². The molecule has 1 aromatic carbocycles. The van der Waals surface area contributed by atoms with Crippen LogP contribution in [-0.2, 0) is 30.4 Å². The number of carboxylic acids is 2. The number of nitrogens with one attached hydrogen (secondary N) is 4. The van der Waals surface area contributed by atoms with Gasteiger partial charge < -0.3 is 36.9 Å². The third-order valence-corrected chi connectivity index (χ3v) is 6.24. The summed E-state index contributed by atoms with van der Waals surface area (Å²) in [6, 6.07) is 2.72. The van der Waals surface area contributed by atoms with E-state index < -0.39 is 53.8 Å². The van der Waals surface area contributed by atoms with Crippen molar-refractivity contribution in [3.8, 4) is 0 Å². The smallest absolute Gasteiger partial charge is 0.326 e. The highest BCUT2D eigenvalue weighted by Crippen LogP contribution is 2.19. The van der Waals surface area contributed by atoms with Crippen LogP contribution in [0.1, 0.15) is 38.7 Å². The number of aromatic amines is 1. The number of amides is 3. The quantitative estimate of drug-likeness (QED) is 0.146. The molecule has 8 N–H and O–H groups in total. The average molecular weight is 550 g/mol. The predicted octanol–water partition coefficient (Wildman–Crippen LogP) is 0.417. The number of aromatic nitrogens is 1. The van der Waals surface area contributed by atoms with Gasteiger partial charge in [0.2, 0.25) is 17.7 Å². The number of rotatable bonds is 15. The Hall–Kier alpha value is -3.58. The van der Waals surface area contributed by atoms with Gasteiger partial charge in [0.25, 0.3) is 0 Å². The molecule has 1 aromatic heterocycles. The lowest BCUT2D eigenvalue weighted by atomic mass is 10.0. The molecule has 0 radical (unpaired) electrons. The van der Waals surface area contributed by atoms with Crippen LogP contribution in [-0.4, -0.2) is 74.8 Å². The average Bonchev–Trinajstić information content (AvgIpc) is 3.27. The molecule has 12 nitrogen and oxygen atoms in total. The Balaban J connectivity index is 2.22. The summed E-state index contributed by atoms with van der Waals surface area (Å²) < 4.78 is 0. The number of hydrogen-bond donors (Lipinski definition) is 8. The van der Waals surface area contributed by atoms with Crippen LogP contribution in [0, 0.1) is 5.92 Å². The molecule has 0 aliphatic carbocycles. The van der Waals surface area contributed by atoms with E-state index in [2.05, 4.69) is 33.6 Å². The normalized spacial score (nSPS) is 14.3. The molecule has 0 saturated carbocycles. The Morgan fingerprint density at radius 2 is 1.55 bits per heavy atom. The minimum atomic E-state index is -1.20. The molecule has 0 spiro atoms. The molecule has 0 saturated heterocycles. The van der Waals surface area contributed by atoms with Crippen LogP contribution in [0.25, 0.3) is 10.9 Å². The van der Waals surface area contributed by atoms with Gasteiger partial charge in [-0.05, 0) is 30.4 Å². The standard InChI is InChI=1S/C25H35N5O7S/c1-13(2)9-19(25(36)37)29-24(35)20(12-38)30-23(34)18(28-22(33)16(26)7-8-21(31)32)10-14-11-27-17-6-4-3-5-15(14)17/h3-6,11,13,16,18-20,27,38H,7-10,12,26H2,1-2H3,(H,28,33)(H,29,35)(H,30,34)(H,31,32)(H,36,37). The van der Waals surface area contributed by atoms with Gasteiger partial charge in [0.15, 0.2) is 0 Å². The second-order valence-electron chi connectivity index (χ2n) is 9.44. The van der Waals surface area contributed by atoms with E-state index in [1.807, 2.05) is 38.1 Å². The number of benzene rings is 1. The van der Waals surface area contributed by atoms with Crippen LogP contribution in [0.15, 0.2) is 30.5 Å². The lowest BCUT2D eigenvalue weighted by molar-refractivity contribution is -0.142. The van der Waals surface area contributed by atoms with E-state index in [0.29, 0.717) is 0 Å². The molecule has 4 unspecified atom stereocenters. The minimum absolute atomic E-state index is 0.00143. The van der Waals surface area contributed by atoms with Crippen molar-refractivity contribution in [2.45, 2.75) is 63.7 Å². The van der Waals surface area contributed by atoms with Gasteiger partial charge in [-0.3, -0.25) is 19.2 Å². The first kappa shape index (κ1) is 30.6. The maximum atomic E-state index is 13.3. The second-order valence-corrected chi connectivity index (χ2v) is 9.80. The lowest BCUT2D eigenvalue weighted by Crippen LogP contribution is -2.58. The number of nitrogens with two attached hydrogens (primary N) is 1. The highest BCUT2D eigenvalue weighted by molar-refractivity contribution is 7.80. The summed E-state index contributed by atoms with van der Waals surface area (Å²) in [6.45, 7) is 3.64. The van der Waals surface area contributed by atoms with E-state index in [1.54, 1.807) is 6.20 Å². The monoisotopic (exact) mass is 549 g/mol. The number of fused-ring (bicyclic) bond motifs is 1. The maximum Gasteiger partial charge on any atom is 0.326 e. The van der Waals surface area contributed by atoms with Crippen molar-refractivity contribution in [2.24, 2.45) is 11.7 Å². The van der Waals surface area contributed by atoms with Crippen molar-refractivity contribution in [1.82, 2.24) is 20.9 Å². The number of thiol groups is 1. The summed E-state index contributed by atoms with van der Waals surface area (Å²) in [5, 5.41) is 26.7. The fraction of sp³-hybridized carbons (Fsp3) is 0.480. The molecule has 0 aliphatic heterocycles. The van der Waals surface area contributed by atoms with Gasteiger partial charge in [0, 0.05) is 35.7 Å². The van der Waals surface area contributed by atoms with Gasteiger partial charge in [-0.1, -0.05) is 32.0 Å². The lowest BCUT2D eigenvalue weighted by Gasteiger charge is -2.25. The molecule has 208 valence electrons. The topological polar surface area (TPSA) is 204 Å². The van der Waals surface area contributed by atoms with Crippen molar-refractivity contribution in [3.63, 3.8) is 0 Å². The van der Waals surface area contributed by atoms with E-state index in [9.17, 15) is 29.1 Å². The number of hydrogen-bond acceptors (Lipinski definition) is 7. The zero-order valence-corrected chi connectivity index (χ0v) is 22.2. The first-order valence-corrected chi connectivity index (χ1v) is 12.8. The van der Waals surface area contributed by atoms with E-state index in [-0.39, 0.29) is 37.4 Å². The second kappa shape index (κ2) is 14.4. The summed E-state index contributed by atoms with van der Waals surface area (Å²) in [7, 11) is 0. The van der Waals surface area contributed by atoms with Crippen LogP contribution in [0.4, 0.5) is 0 Å². The number of para-hydroxylation sites is 1. The zero-order valence-electron chi connectivity index (χ0n) is 21.3. The summed E-state index contributed by atoms with van der Waals surface area (Å²) in [5.74, 6) is -4.59. The summed E-state index contributed by atoms with van der Waals surface area (Å²) in [4.78, 5) is 64.3. The van der Waals surface area contributed by atoms with Gasteiger partial charge in [-0.25, -0.2) is 4.79 Å². The largest absolute Gasteiger partial charge is 0.481 e. The van der Waals surface area contributed by atoms with Crippen molar-refractivity contribution in [2.75, 3.05) is 5.75 Å². The van der Waals surface area contributed by atoms with Crippen LogP contribution < -0.4 is 21.7 Å². The van der Waals surface area contributed by atoms with E-state index in [4.69, 9.17) is 10.8 Å².